The van der Waals surface area contributed by atoms with Gasteiger partial charge in [0.05, 0.1) is 36.1 Å². The fraction of sp³-hybridized carbons (Fsp3) is 1.00. The molecular weight excluding hydrogens is 368 g/mol. The summed E-state index contributed by atoms with van der Waals surface area (Å²) < 4.78 is 23.9. The van der Waals surface area contributed by atoms with Crippen LogP contribution in [0.5, 0.6) is 0 Å². The Morgan fingerprint density at radius 1 is 0.667 bits per heavy atom. The third kappa shape index (κ3) is 1.40. The Hall–Kier alpha value is 0.800. The molecule has 2 aliphatic heterocycles. The Kier molecular flexibility index (Phi) is 2.89. The van der Waals surface area contributed by atoms with Crippen LogP contribution in [0.3, 0.4) is 0 Å². The first-order valence-electron chi connectivity index (χ1n) is 6.53. The van der Waals surface area contributed by atoms with E-state index in [0.717, 1.165) is 12.8 Å². The lowest BCUT2D eigenvalue weighted by molar-refractivity contribution is -0.202. The number of rotatable bonds is 0. The first kappa shape index (κ1) is 12.5. The minimum absolute atomic E-state index is 0.229. The monoisotopic (exact) mass is 382 g/mol. The molecule has 4 rings (SSSR count). The lowest BCUT2D eigenvalue weighted by Crippen LogP contribution is -2.43. The van der Waals surface area contributed by atoms with Crippen LogP contribution in [0.15, 0.2) is 0 Å². The second-order valence-corrected chi connectivity index (χ2v) is 7.67. The van der Waals surface area contributed by atoms with Gasteiger partial charge in [-0.05, 0) is 12.8 Å². The van der Waals surface area contributed by atoms with Crippen molar-refractivity contribution >= 4 is 31.9 Å². The van der Waals surface area contributed by atoms with Crippen molar-refractivity contribution in [2.24, 2.45) is 11.8 Å². The molecule has 0 aromatic heterocycles. The van der Waals surface area contributed by atoms with Crippen LogP contribution < -0.4 is 0 Å². The quantitative estimate of drug-likeness (QED) is 0.600. The van der Waals surface area contributed by atoms with Gasteiger partial charge in [0, 0.05) is 11.8 Å². The van der Waals surface area contributed by atoms with Crippen LogP contribution in [-0.2, 0) is 18.9 Å². The maximum absolute atomic E-state index is 5.98. The second kappa shape index (κ2) is 4.15. The molecule has 2 saturated carbocycles. The van der Waals surface area contributed by atoms with E-state index in [1.807, 2.05) is 0 Å². The summed E-state index contributed by atoms with van der Waals surface area (Å²) in [4.78, 5) is 0.458. The minimum atomic E-state index is -0.463. The van der Waals surface area contributed by atoms with Crippen molar-refractivity contribution in [3.63, 3.8) is 0 Å². The van der Waals surface area contributed by atoms with Crippen molar-refractivity contribution in [3.05, 3.63) is 0 Å². The summed E-state index contributed by atoms with van der Waals surface area (Å²) in [6, 6.07) is 0. The smallest absolute Gasteiger partial charge is 0.184 e. The highest BCUT2D eigenvalue weighted by atomic mass is 79.9. The second-order valence-electron chi connectivity index (χ2n) is 5.46. The summed E-state index contributed by atoms with van der Waals surface area (Å²) in [5.74, 6) is -0.246. The zero-order chi connectivity index (χ0) is 12.4. The molecule has 18 heavy (non-hydrogen) atoms. The SMILES string of the molecule is Br[C@@H]1C[C@@H]2[C@@H](C[C@H](Br)C23OCCO3)C12OCCO2. The van der Waals surface area contributed by atoms with Crippen LogP contribution in [0, 0.1) is 11.8 Å². The summed E-state index contributed by atoms with van der Waals surface area (Å²) in [5, 5.41) is 0. The lowest BCUT2D eigenvalue weighted by atomic mass is 9.94. The number of hydrogen-bond donors (Lipinski definition) is 0. The van der Waals surface area contributed by atoms with Gasteiger partial charge in [-0.3, -0.25) is 0 Å². The maximum atomic E-state index is 5.98. The molecule has 2 saturated heterocycles. The van der Waals surface area contributed by atoms with Crippen LogP contribution in [0.1, 0.15) is 12.8 Å². The van der Waals surface area contributed by atoms with E-state index in [4.69, 9.17) is 18.9 Å². The Morgan fingerprint density at radius 3 is 1.33 bits per heavy atom. The van der Waals surface area contributed by atoms with Gasteiger partial charge in [0.25, 0.3) is 0 Å². The summed E-state index contributed by atoms with van der Waals surface area (Å²) in [6.45, 7) is 2.75. The molecule has 0 radical (unpaired) electrons. The molecule has 0 amide bonds. The zero-order valence-corrected chi connectivity index (χ0v) is 13.1. The summed E-state index contributed by atoms with van der Waals surface area (Å²) in [6.07, 6.45) is 1.96. The van der Waals surface area contributed by atoms with E-state index in [2.05, 4.69) is 31.9 Å². The Morgan fingerprint density at radius 2 is 1.00 bits per heavy atom. The van der Waals surface area contributed by atoms with Gasteiger partial charge in [-0.15, -0.1) is 0 Å². The van der Waals surface area contributed by atoms with E-state index in [1.165, 1.54) is 0 Å². The molecule has 4 nitrogen and oxygen atoms in total. The minimum Gasteiger partial charge on any atom is -0.346 e. The van der Waals surface area contributed by atoms with E-state index >= 15 is 0 Å². The lowest BCUT2D eigenvalue weighted by Gasteiger charge is -2.32. The molecule has 0 bridgehead atoms. The van der Waals surface area contributed by atoms with Crippen molar-refractivity contribution in [2.75, 3.05) is 26.4 Å². The first-order chi connectivity index (χ1) is 8.69. The van der Waals surface area contributed by atoms with E-state index in [0.29, 0.717) is 38.3 Å². The highest BCUT2D eigenvalue weighted by Gasteiger charge is 2.70. The van der Waals surface area contributed by atoms with Gasteiger partial charge in [0.2, 0.25) is 0 Å². The van der Waals surface area contributed by atoms with E-state index in [1.54, 1.807) is 0 Å². The number of fused-ring (bicyclic) bond motifs is 3. The molecule has 2 aliphatic carbocycles. The van der Waals surface area contributed by atoms with Crippen LogP contribution >= 0.6 is 31.9 Å². The van der Waals surface area contributed by atoms with Gasteiger partial charge in [0.1, 0.15) is 0 Å². The fourth-order valence-corrected chi connectivity index (χ4v) is 6.15. The van der Waals surface area contributed by atoms with E-state index < -0.39 is 11.6 Å². The molecule has 0 N–H and O–H groups in total. The van der Waals surface area contributed by atoms with Gasteiger partial charge >= 0.3 is 0 Å². The predicted molar refractivity (Wildman–Crippen MR) is 70.9 cm³/mol. The topological polar surface area (TPSA) is 36.9 Å². The number of hydrogen-bond acceptors (Lipinski definition) is 4. The van der Waals surface area contributed by atoms with Gasteiger partial charge in [-0.2, -0.15) is 0 Å². The average molecular weight is 384 g/mol. The van der Waals surface area contributed by atoms with E-state index in [-0.39, 0.29) is 9.65 Å². The molecule has 0 aromatic rings. The predicted octanol–water partition coefficient (Wildman–Crippen LogP) is 2.04. The Balaban J connectivity index is 1.71. The molecule has 2 spiro atoms. The summed E-state index contributed by atoms with van der Waals surface area (Å²) in [5.41, 5.74) is 0. The van der Waals surface area contributed by atoms with Crippen molar-refractivity contribution < 1.29 is 18.9 Å². The highest BCUT2D eigenvalue weighted by Crippen LogP contribution is 2.62. The summed E-state index contributed by atoms with van der Waals surface area (Å²) in [7, 11) is 0. The third-order valence-corrected chi connectivity index (χ3v) is 6.82. The molecule has 0 unspecified atom stereocenters. The van der Waals surface area contributed by atoms with Crippen molar-refractivity contribution in [2.45, 2.75) is 34.1 Å². The van der Waals surface area contributed by atoms with E-state index in [9.17, 15) is 0 Å². The van der Waals surface area contributed by atoms with Crippen LogP contribution in [0.25, 0.3) is 0 Å². The van der Waals surface area contributed by atoms with Crippen molar-refractivity contribution in [3.8, 4) is 0 Å². The van der Waals surface area contributed by atoms with Crippen LogP contribution in [0.4, 0.5) is 0 Å². The Labute approximate surface area is 123 Å². The van der Waals surface area contributed by atoms with Crippen LogP contribution in [-0.4, -0.2) is 47.7 Å². The highest BCUT2D eigenvalue weighted by molar-refractivity contribution is 9.09. The normalized spacial score (nSPS) is 48.3. The third-order valence-electron chi connectivity index (χ3n) is 4.79. The number of ether oxygens (including phenoxy) is 4. The van der Waals surface area contributed by atoms with Gasteiger partial charge in [0.15, 0.2) is 11.6 Å². The summed E-state index contributed by atoms with van der Waals surface area (Å²) >= 11 is 7.50. The van der Waals surface area contributed by atoms with Crippen molar-refractivity contribution in [1.29, 1.82) is 0 Å². The maximum Gasteiger partial charge on any atom is 0.184 e. The van der Waals surface area contributed by atoms with Crippen LogP contribution in [0.2, 0.25) is 0 Å². The molecule has 4 fully saturated rings. The molecule has 4 aliphatic rings. The van der Waals surface area contributed by atoms with Gasteiger partial charge in [-0.25, -0.2) is 0 Å². The molecule has 0 aromatic carbocycles. The Bertz CT molecular complexity index is 318. The molecular formula is C12H16Br2O4. The van der Waals surface area contributed by atoms with Crippen molar-refractivity contribution in [1.82, 2.24) is 0 Å². The van der Waals surface area contributed by atoms with Gasteiger partial charge < -0.3 is 18.9 Å². The molecule has 6 heteroatoms. The molecule has 4 atom stereocenters. The van der Waals surface area contributed by atoms with Gasteiger partial charge in [-0.1, -0.05) is 31.9 Å². The first-order valence-corrected chi connectivity index (χ1v) is 8.36. The standard InChI is InChI=1S/C12H16Br2O4/c13-9-6-8-7(11(9)15-1-2-16-11)5-10(14)12(8)17-3-4-18-12/h7-10H,1-6H2/t7-,8-,9-,10+/m1/s1. The average Bonchev–Trinajstić information content (AvgIpc) is 3.07. The number of halogens is 2. The zero-order valence-electron chi connectivity index (χ0n) is 9.94. The molecule has 2 heterocycles. The molecule has 102 valence electrons. The fourth-order valence-electron chi connectivity index (χ4n) is 4.13. The largest absolute Gasteiger partial charge is 0.346 e. The number of alkyl halides is 2.